The summed E-state index contributed by atoms with van der Waals surface area (Å²) in [5.41, 5.74) is -0.501. The first kappa shape index (κ1) is 15.9. The van der Waals surface area contributed by atoms with Gasteiger partial charge >= 0.3 is 5.97 Å². The molecule has 0 N–H and O–H groups in total. The van der Waals surface area contributed by atoms with E-state index in [0.717, 1.165) is 12.1 Å². The standard InChI is InChI=1S/C14H16F2O4S/c1-20-13(17)7-14(2-3-14)9-21(18,19)8-10-4-11(15)6-12(16)5-10/h4-6H,2-3,7-9H2,1H3. The monoisotopic (exact) mass is 318 g/mol. The van der Waals surface area contributed by atoms with E-state index in [2.05, 4.69) is 4.74 Å². The summed E-state index contributed by atoms with van der Waals surface area (Å²) < 4.78 is 55.0. The third kappa shape index (κ3) is 4.49. The van der Waals surface area contributed by atoms with Gasteiger partial charge in [-0.3, -0.25) is 4.79 Å². The number of carbonyl (C=O) groups is 1. The van der Waals surface area contributed by atoms with Crippen LogP contribution in [0.3, 0.4) is 0 Å². The largest absolute Gasteiger partial charge is 0.469 e. The average molecular weight is 318 g/mol. The third-order valence-electron chi connectivity index (χ3n) is 3.54. The summed E-state index contributed by atoms with van der Waals surface area (Å²) in [5.74, 6) is -2.68. The molecule has 116 valence electrons. The van der Waals surface area contributed by atoms with Crippen molar-refractivity contribution in [2.24, 2.45) is 5.41 Å². The molecule has 1 aliphatic carbocycles. The number of methoxy groups -OCH3 is 1. The van der Waals surface area contributed by atoms with Crippen molar-refractivity contribution in [2.45, 2.75) is 25.0 Å². The smallest absolute Gasteiger partial charge is 0.306 e. The molecule has 21 heavy (non-hydrogen) atoms. The highest BCUT2D eigenvalue weighted by Gasteiger charge is 2.47. The lowest BCUT2D eigenvalue weighted by atomic mass is 10.1. The van der Waals surface area contributed by atoms with Crippen LogP contribution in [0.4, 0.5) is 8.78 Å². The van der Waals surface area contributed by atoms with Gasteiger partial charge in [0, 0.05) is 6.07 Å². The lowest BCUT2D eigenvalue weighted by molar-refractivity contribution is -0.141. The highest BCUT2D eigenvalue weighted by atomic mass is 32.2. The molecule has 0 amide bonds. The molecule has 1 fully saturated rings. The summed E-state index contributed by atoms with van der Waals surface area (Å²) >= 11 is 0. The quantitative estimate of drug-likeness (QED) is 0.755. The summed E-state index contributed by atoms with van der Waals surface area (Å²) in [6.45, 7) is 0. The lowest BCUT2D eigenvalue weighted by Gasteiger charge is -2.14. The molecule has 0 bridgehead atoms. The molecule has 1 aliphatic rings. The Morgan fingerprint density at radius 2 is 1.81 bits per heavy atom. The Bertz CT molecular complexity index is 631. The second-order valence-electron chi connectivity index (χ2n) is 5.56. The number of ether oxygens (including phenoxy) is 1. The van der Waals surface area contributed by atoms with Gasteiger partial charge in [-0.1, -0.05) is 0 Å². The number of hydrogen-bond acceptors (Lipinski definition) is 4. The Kier molecular flexibility index (Phi) is 4.32. The van der Waals surface area contributed by atoms with E-state index >= 15 is 0 Å². The number of hydrogen-bond donors (Lipinski definition) is 0. The van der Waals surface area contributed by atoms with Crippen LogP contribution in [-0.2, 0) is 25.1 Å². The first-order chi connectivity index (χ1) is 9.73. The van der Waals surface area contributed by atoms with Crippen LogP contribution >= 0.6 is 0 Å². The van der Waals surface area contributed by atoms with Crippen molar-refractivity contribution in [2.75, 3.05) is 12.9 Å². The van der Waals surface area contributed by atoms with Gasteiger partial charge in [0.15, 0.2) is 9.84 Å². The molecule has 0 spiro atoms. The highest BCUT2D eigenvalue weighted by molar-refractivity contribution is 7.90. The molecule has 0 heterocycles. The Balaban J connectivity index is 2.07. The maximum absolute atomic E-state index is 13.1. The van der Waals surface area contributed by atoms with E-state index in [1.165, 1.54) is 7.11 Å². The van der Waals surface area contributed by atoms with Crippen LogP contribution in [0.1, 0.15) is 24.8 Å². The highest BCUT2D eigenvalue weighted by Crippen LogP contribution is 2.50. The molecule has 1 aromatic rings. The molecule has 2 rings (SSSR count). The van der Waals surface area contributed by atoms with Crippen LogP contribution in [0.15, 0.2) is 18.2 Å². The molecular weight excluding hydrogens is 302 g/mol. The molecule has 1 aromatic carbocycles. The van der Waals surface area contributed by atoms with Gasteiger partial charge in [-0.15, -0.1) is 0 Å². The van der Waals surface area contributed by atoms with Gasteiger partial charge in [-0.2, -0.15) is 0 Å². The molecule has 0 aromatic heterocycles. The van der Waals surface area contributed by atoms with Gasteiger partial charge in [0.05, 0.1) is 25.0 Å². The molecule has 0 atom stereocenters. The Hall–Kier alpha value is -1.50. The minimum absolute atomic E-state index is 0.0558. The van der Waals surface area contributed by atoms with Gasteiger partial charge in [-0.25, -0.2) is 17.2 Å². The van der Waals surface area contributed by atoms with Gasteiger partial charge in [0.25, 0.3) is 0 Å². The maximum Gasteiger partial charge on any atom is 0.306 e. The van der Waals surface area contributed by atoms with Crippen molar-refractivity contribution in [3.05, 3.63) is 35.4 Å². The number of benzene rings is 1. The summed E-state index contributed by atoms with van der Waals surface area (Å²) in [6, 6.07) is 2.69. The molecule has 0 radical (unpaired) electrons. The SMILES string of the molecule is COC(=O)CC1(CS(=O)(=O)Cc2cc(F)cc(F)c2)CC1. The summed E-state index contributed by atoms with van der Waals surface area (Å²) in [6.07, 6.45) is 1.33. The molecule has 0 saturated heterocycles. The first-order valence-corrected chi connectivity index (χ1v) is 8.28. The summed E-state index contributed by atoms with van der Waals surface area (Å²) in [4.78, 5) is 11.3. The third-order valence-corrected chi connectivity index (χ3v) is 5.36. The Morgan fingerprint density at radius 3 is 2.29 bits per heavy atom. The van der Waals surface area contributed by atoms with E-state index in [1.54, 1.807) is 0 Å². The van der Waals surface area contributed by atoms with E-state index in [0.29, 0.717) is 18.9 Å². The zero-order valence-corrected chi connectivity index (χ0v) is 12.4. The van der Waals surface area contributed by atoms with E-state index in [9.17, 15) is 22.0 Å². The predicted molar refractivity (Wildman–Crippen MR) is 72.1 cm³/mol. The van der Waals surface area contributed by atoms with Crippen LogP contribution in [0, 0.1) is 17.0 Å². The minimum Gasteiger partial charge on any atom is -0.469 e. The normalized spacial score (nSPS) is 16.5. The van der Waals surface area contributed by atoms with Gasteiger partial charge < -0.3 is 4.74 Å². The fourth-order valence-corrected chi connectivity index (χ4v) is 4.49. The molecule has 7 heteroatoms. The van der Waals surface area contributed by atoms with Crippen molar-refractivity contribution in [1.82, 2.24) is 0 Å². The molecule has 0 unspecified atom stereocenters. The Morgan fingerprint density at radius 1 is 1.24 bits per heavy atom. The number of sulfone groups is 1. The maximum atomic E-state index is 13.1. The number of carbonyl (C=O) groups excluding carboxylic acids is 1. The van der Waals surface area contributed by atoms with Crippen molar-refractivity contribution in [1.29, 1.82) is 0 Å². The van der Waals surface area contributed by atoms with Crippen LogP contribution in [0.5, 0.6) is 0 Å². The van der Waals surface area contributed by atoms with Crippen molar-refractivity contribution < 1.29 is 26.7 Å². The fourth-order valence-electron chi connectivity index (χ4n) is 2.39. The van der Waals surface area contributed by atoms with Crippen molar-refractivity contribution in [3.63, 3.8) is 0 Å². The second-order valence-corrected chi connectivity index (χ2v) is 7.63. The summed E-state index contributed by atoms with van der Waals surface area (Å²) in [5, 5.41) is 0. The minimum atomic E-state index is -3.56. The lowest BCUT2D eigenvalue weighted by Crippen LogP contribution is -2.22. The van der Waals surface area contributed by atoms with Crippen LogP contribution in [0.2, 0.25) is 0 Å². The van der Waals surface area contributed by atoms with E-state index in [-0.39, 0.29) is 17.7 Å². The van der Waals surface area contributed by atoms with Gasteiger partial charge in [0.1, 0.15) is 11.6 Å². The Labute approximate surface area is 122 Å². The summed E-state index contributed by atoms with van der Waals surface area (Å²) in [7, 11) is -2.31. The topological polar surface area (TPSA) is 60.4 Å². The number of halogens is 2. The second kappa shape index (κ2) is 5.71. The van der Waals surface area contributed by atoms with Crippen molar-refractivity contribution >= 4 is 15.8 Å². The zero-order valence-electron chi connectivity index (χ0n) is 11.6. The number of rotatable bonds is 6. The van der Waals surface area contributed by atoms with Crippen molar-refractivity contribution in [3.8, 4) is 0 Å². The molecule has 1 saturated carbocycles. The molecular formula is C14H16F2O4S. The van der Waals surface area contributed by atoms with Gasteiger partial charge in [0.2, 0.25) is 0 Å². The van der Waals surface area contributed by atoms with Gasteiger partial charge in [-0.05, 0) is 36.0 Å². The average Bonchev–Trinajstić information content (AvgIpc) is 3.04. The molecule has 4 nitrogen and oxygen atoms in total. The predicted octanol–water partition coefficient (Wildman–Crippen LogP) is 2.22. The molecule has 0 aliphatic heterocycles. The van der Waals surface area contributed by atoms with Crippen LogP contribution in [0.25, 0.3) is 0 Å². The van der Waals surface area contributed by atoms with E-state index < -0.39 is 38.6 Å². The zero-order chi connectivity index (χ0) is 15.7. The first-order valence-electron chi connectivity index (χ1n) is 6.46. The number of esters is 1. The van der Waals surface area contributed by atoms with E-state index in [4.69, 9.17) is 0 Å². The fraction of sp³-hybridized carbons (Fsp3) is 0.500. The van der Waals surface area contributed by atoms with Crippen LogP contribution < -0.4 is 0 Å². The van der Waals surface area contributed by atoms with E-state index in [1.807, 2.05) is 0 Å². The van der Waals surface area contributed by atoms with Crippen LogP contribution in [-0.4, -0.2) is 27.2 Å².